The normalized spacial score (nSPS) is 11.8. The molecule has 0 aliphatic heterocycles. The Morgan fingerprint density at radius 1 is 1.46 bits per heavy atom. The number of thiophene rings is 1. The number of aromatic nitrogens is 2. The van der Waals surface area contributed by atoms with Gasteiger partial charge >= 0.3 is 5.97 Å². The summed E-state index contributed by atoms with van der Waals surface area (Å²) in [5.74, 6) is -1.99. The van der Waals surface area contributed by atoms with Crippen molar-refractivity contribution in [2.24, 2.45) is 11.7 Å². The van der Waals surface area contributed by atoms with Crippen LogP contribution in [-0.4, -0.2) is 34.2 Å². The number of carbonyl (C=O) groups excluding carboxylic acids is 3. The van der Waals surface area contributed by atoms with E-state index < -0.39 is 17.8 Å². The van der Waals surface area contributed by atoms with Gasteiger partial charge in [0, 0.05) is 6.20 Å². The number of esters is 1. The van der Waals surface area contributed by atoms with Gasteiger partial charge in [0.1, 0.15) is 5.00 Å². The molecule has 0 aromatic carbocycles. The highest BCUT2D eigenvalue weighted by atomic mass is 79.9. The molecule has 0 saturated carbocycles. The van der Waals surface area contributed by atoms with Crippen molar-refractivity contribution in [3.63, 3.8) is 0 Å². The van der Waals surface area contributed by atoms with Crippen LogP contribution in [-0.2, 0) is 16.1 Å². The monoisotopic (exact) mass is 442 g/mol. The SMILES string of the molecule is CCOC(=O)c1c(NC(=O)C(C)Cn2cc(Br)cn2)sc(C(N)=O)c1C. The van der Waals surface area contributed by atoms with Gasteiger partial charge in [0.05, 0.1) is 40.2 Å². The first-order valence-corrected chi connectivity index (χ1v) is 9.44. The van der Waals surface area contributed by atoms with E-state index in [1.807, 2.05) is 0 Å². The molecule has 1 atom stereocenters. The summed E-state index contributed by atoms with van der Waals surface area (Å²) in [5.41, 5.74) is 5.92. The molecule has 0 aliphatic rings. The number of hydrogen-bond donors (Lipinski definition) is 2. The van der Waals surface area contributed by atoms with E-state index in [9.17, 15) is 14.4 Å². The number of amides is 2. The fourth-order valence-electron chi connectivity index (χ4n) is 2.32. The molecule has 10 heteroatoms. The molecule has 0 saturated heterocycles. The highest BCUT2D eigenvalue weighted by Gasteiger charge is 2.26. The standard InChI is InChI=1S/C16H19BrN4O4S/c1-4-25-16(24)11-9(3)12(13(18)22)26-15(11)20-14(23)8(2)6-21-7-10(17)5-19-21/h5,7-8H,4,6H2,1-3H3,(H2,18,22)(H,20,23). The third-order valence-corrected chi connectivity index (χ3v) is 5.23. The lowest BCUT2D eigenvalue weighted by Gasteiger charge is -2.12. The van der Waals surface area contributed by atoms with Gasteiger partial charge < -0.3 is 15.8 Å². The van der Waals surface area contributed by atoms with E-state index in [1.54, 1.807) is 37.8 Å². The molecule has 8 nitrogen and oxygen atoms in total. The number of rotatable bonds is 7. The predicted octanol–water partition coefficient (Wildman–Crippen LogP) is 2.57. The average molecular weight is 443 g/mol. The summed E-state index contributed by atoms with van der Waals surface area (Å²) in [6.07, 6.45) is 3.39. The van der Waals surface area contributed by atoms with Gasteiger partial charge in [-0.15, -0.1) is 11.3 Å². The van der Waals surface area contributed by atoms with E-state index in [2.05, 4.69) is 26.3 Å². The summed E-state index contributed by atoms with van der Waals surface area (Å²) >= 11 is 4.27. The Kier molecular flexibility index (Phi) is 6.54. The van der Waals surface area contributed by atoms with E-state index in [0.717, 1.165) is 15.8 Å². The van der Waals surface area contributed by atoms with Crippen molar-refractivity contribution in [3.05, 3.63) is 32.9 Å². The summed E-state index contributed by atoms with van der Waals surface area (Å²) in [4.78, 5) is 36.5. The first-order chi connectivity index (χ1) is 12.2. The van der Waals surface area contributed by atoms with Gasteiger partial charge in [-0.1, -0.05) is 6.92 Å². The minimum Gasteiger partial charge on any atom is -0.462 e. The van der Waals surface area contributed by atoms with Gasteiger partial charge in [0.15, 0.2) is 0 Å². The number of primary amides is 1. The van der Waals surface area contributed by atoms with E-state index >= 15 is 0 Å². The summed E-state index contributed by atoms with van der Waals surface area (Å²) in [6, 6.07) is 0. The van der Waals surface area contributed by atoms with Gasteiger partial charge in [0.2, 0.25) is 5.91 Å². The molecule has 140 valence electrons. The third kappa shape index (κ3) is 4.50. The maximum atomic E-state index is 12.5. The molecule has 0 spiro atoms. The number of carbonyl (C=O) groups is 3. The van der Waals surface area contributed by atoms with Crippen molar-refractivity contribution >= 4 is 50.1 Å². The number of hydrogen-bond acceptors (Lipinski definition) is 6. The second-order valence-electron chi connectivity index (χ2n) is 5.62. The minimum atomic E-state index is -0.659. The van der Waals surface area contributed by atoms with Crippen LogP contribution >= 0.6 is 27.3 Å². The predicted molar refractivity (Wildman–Crippen MR) is 101 cm³/mol. The molecular weight excluding hydrogens is 424 g/mol. The summed E-state index contributed by atoms with van der Waals surface area (Å²) in [6.45, 7) is 5.56. The Labute approximate surface area is 162 Å². The highest BCUT2D eigenvalue weighted by molar-refractivity contribution is 9.10. The van der Waals surface area contributed by atoms with Crippen molar-refractivity contribution in [1.82, 2.24) is 9.78 Å². The van der Waals surface area contributed by atoms with E-state index in [-0.39, 0.29) is 28.0 Å². The average Bonchev–Trinajstić information content (AvgIpc) is 3.10. The van der Waals surface area contributed by atoms with Crippen LogP contribution in [0, 0.1) is 12.8 Å². The summed E-state index contributed by atoms with van der Waals surface area (Å²) in [7, 11) is 0. The molecule has 0 bridgehead atoms. The lowest BCUT2D eigenvalue weighted by atomic mass is 10.1. The Balaban J connectivity index is 2.23. The second kappa shape index (κ2) is 8.45. The molecule has 0 fully saturated rings. The molecule has 0 aliphatic carbocycles. The molecule has 26 heavy (non-hydrogen) atoms. The maximum absolute atomic E-state index is 12.5. The molecular formula is C16H19BrN4O4S. The van der Waals surface area contributed by atoms with Crippen molar-refractivity contribution in [1.29, 1.82) is 0 Å². The number of ether oxygens (including phenoxy) is 1. The number of nitrogens with zero attached hydrogens (tertiary/aromatic N) is 2. The summed E-state index contributed by atoms with van der Waals surface area (Å²) < 4.78 is 7.48. The Bertz CT molecular complexity index is 845. The molecule has 2 amide bonds. The number of nitrogens with two attached hydrogens (primary N) is 1. The number of halogens is 1. The largest absolute Gasteiger partial charge is 0.462 e. The second-order valence-corrected chi connectivity index (χ2v) is 7.55. The van der Waals surface area contributed by atoms with Gasteiger partial charge in [-0.25, -0.2) is 4.79 Å². The molecule has 3 N–H and O–H groups in total. The molecule has 1 unspecified atom stereocenters. The van der Waals surface area contributed by atoms with E-state index in [1.165, 1.54) is 0 Å². The van der Waals surface area contributed by atoms with Crippen molar-refractivity contribution in [2.45, 2.75) is 27.3 Å². The van der Waals surface area contributed by atoms with Crippen molar-refractivity contribution in [3.8, 4) is 0 Å². The minimum absolute atomic E-state index is 0.160. The fourth-order valence-corrected chi connectivity index (χ4v) is 3.70. The first kappa shape index (κ1) is 20.1. The van der Waals surface area contributed by atoms with Crippen molar-refractivity contribution in [2.75, 3.05) is 11.9 Å². The topological polar surface area (TPSA) is 116 Å². The number of nitrogens with one attached hydrogen (secondary N) is 1. The smallest absolute Gasteiger partial charge is 0.341 e. The zero-order chi connectivity index (χ0) is 19.4. The highest BCUT2D eigenvalue weighted by Crippen LogP contribution is 2.33. The molecule has 2 aromatic heterocycles. The zero-order valence-corrected chi connectivity index (χ0v) is 16.9. The lowest BCUT2D eigenvalue weighted by molar-refractivity contribution is -0.119. The van der Waals surface area contributed by atoms with Crippen LogP contribution in [0.15, 0.2) is 16.9 Å². The molecule has 0 radical (unpaired) electrons. The van der Waals surface area contributed by atoms with Crippen LogP contribution < -0.4 is 11.1 Å². The maximum Gasteiger partial charge on any atom is 0.341 e. The molecule has 2 heterocycles. The van der Waals surface area contributed by atoms with Gasteiger partial charge in [0.25, 0.3) is 5.91 Å². The van der Waals surface area contributed by atoms with Gasteiger partial charge in [-0.05, 0) is 35.3 Å². The lowest BCUT2D eigenvalue weighted by Crippen LogP contribution is -2.25. The Morgan fingerprint density at radius 3 is 2.69 bits per heavy atom. The fraction of sp³-hybridized carbons (Fsp3) is 0.375. The zero-order valence-electron chi connectivity index (χ0n) is 14.5. The van der Waals surface area contributed by atoms with Crippen LogP contribution in [0.5, 0.6) is 0 Å². The van der Waals surface area contributed by atoms with Gasteiger partial charge in [-0.2, -0.15) is 5.10 Å². The van der Waals surface area contributed by atoms with Crippen molar-refractivity contribution < 1.29 is 19.1 Å². The van der Waals surface area contributed by atoms with Crippen LogP contribution in [0.3, 0.4) is 0 Å². The first-order valence-electron chi connectivity index (χ1n) is 7.83. The van der Waals surface area contributed by atoms with Crippen LogP contribution in [0.2, 0.25) is 0 Å². The third-order valence-electron chi connectivity index (χ3n) is 3.60. The number of anilines is 1. The van der Waals surface area contributed by atoms with Crippen LogP contribution in [0.4, 0.5) is 5.00 Å². The van der Waals surface area contributed by atoms with E-state index in [4.69, 9.17) is 10.5 Å². The Morgan fingerprint density at radius 2 is 2.15 bits per heavy atom. The Hall–Kier alpha value is -2.20. The van der Waals surface area contributed by atoms with E-state index in [0.29, 0.717) is 12.1 Å². The van der Waals surface area contributed by atoms with Gasteiger partial charge in [-0.3, -0.25) is 14.3 Å². The quantitative estimate of drug-likeness (QED) is 0.638. The van der Waals surface area contributed by atoms with Crippen LogP contribution in [0.25, 0.3) is 0 Å². The summed E-state index contributed by atoms with van der Waals surface area (Å²) in [5, 5.41) is 7.08. The molecule has 2 aromatic rings. The van der Waals surface area contributed by atoms with Crippen LogP contribution in [0.1, 0.15) is 39.4 Å². The molecule has 2 rings (SSSR count).